The van der Waals surface area contributed by atoms with Crippen molar-refractivity contribution in [3.63, 3.8) is 0 Å². The molecule has 0 bridgehead atoms. The Morgan fingerprint density at radius 1 is 1.47 bits per heavy atom. The van der Waals surface area contributed by atoms with Gasteiger partial charge in [0.05, 0.1) is 10.6 Å². The van der Waals surface area contributed by atoms with Gasteiger partial charge in [-0.15, -0.1) is 0 Å². The summed E-state index contributed by atoms with van der Waals surface area (Å²) >= 11 is 5.79. The molecule has 2 N–H and O–H groups in total. The van der Waals surface area contributed by atoms with Crippen LogP contribution in [0.5, 0.6) is 0 Å². The molecule has 0 saturated carbocycles. The molecular weight excluding hydrogens is 279 g/mol. The molecule has 106 valence electrons. The third-order valence-electron chi connectivity index (χ3n) is 3.18. The molecule has 1 unspecified atom stereocenters. The highest BCUT2D eigenvalue weighted by Gasteiger charge is 2.31. The minimum absolute atomic E-state index is 0.000582. The summed E-state index contributed by atoms with van der Waals surface area (Å²) in [5, 5.41) is 6.24. The Balaban J connectivity index is 1.90. The van der Waals surface area contributed by atoms with Gasteiger partial charge in [-0.3, -0.25) is 0 Å². The van der Waals surface area contributed by atoms with Crippen molar-refractivity contribution in [3.05, 3.63) is 22.8 Å². The van der Waals surface area contributed by atoms with Crippen LogP contribution < -0.4 is 10.6 Å². The molecule has 0 aliphatic carbocycles. The summed E-state index contributed by atoms with van der Waals surface area (Å²) in [5.74, 6) is 0.918. The lowest BCUT2D eigenvalue weighted by molar-refractivity contribution is -0.137. The molecule has 7 heteroatoms. The predicted octanol–water partition coefficient (Wildman–Crippen LogP) is 3.17. The third-order valence-corrected chi connectivity index (χ3v) is 3.46. The summed E-state index contributed by atoms with van der Waals surface area (Å²) in [7, 11) is 0. The number of hydrogen-bond donors (Lipinski definition) is 2. The highest BCUT2D eigenvalue weighted by atomic mass is 35.5. The van der Waals surface area contributed by atoms with Crippen molar-refractivity contribution in [1.82, 2.24) is 10.3 Å². The number of hydrogen-bond acceptors (Lipinski definition) is 3. The molecule has 1 aromatic rings. The fourth-order valence-electron chi connectivity index (χ4n) is 2.08. The Bertz CT molecular complexity index is 431. The van der Waals surface area contributed by atoms with Crippen molar-refractivity contribution in [2.75, 3.05) is 25.0 Å². The van der Waals surface area contributed by atoms with Crippen LogP contribution in [0, 0.1) is 5.92 Å². The monoisotopic (exact) mass is 293 g/mol. The average Bonchev–Trinajstić information content (AvgIpc) is 2.83. The molecule has 1 aromatic heterocycles. The lowest BCUT2D eigenvalue weighted by Gasteiger charge is -2.12. The van der Waals surface area contributed by atoms with Gasteiger partial charge in [-0.2, -0.15) is 13.2 Å². The van der Waals surface area contributed by atoms with Gasteiger partial charge in [0.1, 0.15) is 5.82 Å². The van der Waals surface area contributed by atoms with E-state index in [9.17, 15) is 13.2 Å². The van der Waals surface area contributed by atoms with Gasteiger partial charge in [-0.1, -0.05) is 11.6 Å². The molecule has 2 rings (SSSR count). The first kappa shape index (κ1) is 14.4. The molecular formula is C12H15ClF3N3. The van der Waals surface area contributed by atoms with Crippen LogP contribution in [0.4, 0.5) is 19.0 Å². The number of nitrogens with one attached hydrogen (secondary N) is 2. The van der Waals surface area contributed by atoms with E-state index >= 15 is 0 Å². The van der Waals surface area contributed by atoms with Crippen LogP contribution in [0.25, 0.3) is 0 Å². The molecule has 1 fully saturated rings. The van der Waals surface area contributed by atoms with Gasteiger partial charge in [0.2, 0.25) is 0 Å². The van der Waals surface area contributed by atoms with Crippen LogP contribution >= 0.6 is 11.6 Å². The van der Waals surface area contributed by atoms with Crippen molar-refractivity contribution < 1.29 is 13.2 Å². The van der Waals surface area contributed by atoms with Crippen LogP contribution in [0.1, 0.15) is 18.4 Å². The van der Waals surface area contributed by atoms with Crippen molar-refractivity contribution in [2.45, 2.75) is 19.0 Å². The molecule has 1 saturated heterocycles. The molecule has 0 amide bonds. The van der Waals surface area contributed by atoms with Crippen LogP contribution in [-0.2, 0) is 6.18 Å². The maximum absolute atomic E-state index is 12.4. The van der Waals surface area contributed by atoms with Gasteiger partial charge in [0.25, 0.3) is 0 Å². The number of alkyl halides is 3. The van der Waals surface area contributed by atoms with Crippen molar-refractivity contribution in [1.29, 1.82) is 0 Å². The highest BCUT2D eigenvalue weighted by molar-refractivity contribution is 6.32. The summed E-state index contributed by atoms with van der Waals surface area (Å²) in [6.07, 6.45) is -1.53. The van der Waals surface area contributed by atoms with E-state index in [0.29, 0.717) is 18.3 Å². The molecule has 19 heavy (non-hydrogen) atoms. The number of rotatable bonds is 4. The maximum Gasteiger partial charge on any atom is 0.417 e. The lowest BCUT2D eigenvalue weighted by Crippen LogP contribution is -2.13. The molecule has 0 aromatic carbocycles. The Morgan fingerprint density at radius 2 is 2.26 bits per heavy atom. The lowest BCUT2D eigenvalue weighted by atomic mass is 10.1. The van der Waals surface area contributed by atoms with E-state index in [1.807, 2.05) is 0 Å². The molecule has 1 aliphatic rings. The van der Waals surface area contributed by atoms with E-state index in [0.717, 1.165) is 38.2 Å². The SMILES string of the molecule is FC(F)(F)c1cnc(NCCC2CCNC2)c(Cl)c1. The first-order valence-electron chi connectivity index (χ1n) is 6.14. The largest absolute Gasteiger partial charge is 0.417 e. The van der Waals surface area contributed by atoms with Gasteiger partial charge in [-0.25, -0.2) is 4.98 Å². The smallest absolute Gasteiger partial charge is 0.369 e. The van der Waals surface area contributed by atoms with Crippen molar-refractivity contribution >= 4 is 17.4 Å². The second-order valence-corrected chi connectivity index (χ2v) is 5.03. The van der Waals surface area contributed by atoms with Gasteiger partial charge < -0.3 is 10.6 Å². The number of nitrogens with zero attached hydrogens (tertiary/aromatic N) is 1. The zero-order chi connectivity index (χ0) is 13.9. The van der Waals surface area contributed by atoms with Crippen molar-refractivity contribution in [2.24, 2.45) is 5.92 Å². The summed E-state index contributed by atoms with van der Waals surface area (Å²) in [5.41, 5.74) is -0.831. The quantitative estimate of drug-likeness (QED) is 0.895. The fourth-order valence-corrected chi connectivity index (χ4v) is 2.31. The molecule has 3 nitrogen and oxygen atoms in total. The van der Waals surface area contributed by atoms with Crippen LogP contribution in [0.3, 0.4) is 0 Å². The van der Waals surface area contributed by atoms with E-state index in [2.05, 4.69) is 15.6 Å². The second kappa shape index (κ2) is 5.96. The molecule has 0 radical (unpaired) electrons. The van der Waals surface area contributed by atoms with Crippen molar-refractivity contribution in [3.8, 4) is 0 Å². The standard InChI is InChI=1S/C12H15ClF3N3/c13-10-5-9(12(14,15)16)7-19-11(10)18-4-2-8-1-3-17-6-8/h5,7-8,17H,1-4,6H2,(H,18,19). The van der Waals surface area contributed by atoms with E-state index in [1.54, 1.807) is 0 Å². The Hall–Kier alpha value is -1.01. The topological polar surface area (TPSA) is 37.0 Å². The average molecular weight is 294 g/mol. The maximum atomic E-state index is 12.4. The summed E-state index contributed by atoms with van der Waals surface area (Å²) < 4.78 is 37.3. The first-order chi connectivity index (χ1) is 8.97. The van der Waals surface area contributed by atoms with Crippen LogP contribution in [0.2, 0.25) is 5.02 Å². The summed E-state index contributed by atoms with van der Waals surface area (Å²) in [6.45, 7) is 2.68. The van der Waals surface area contributed by atoms with Gasteiger partial charge >= 0.3 is 6.18 Å². The number of aromatic nitrogens is 1. The van der Waals surface area contributed by atoms with E-state index in [-0.39, 0.29) is 5.02 Å². The first-order valence-corrected chi connectivity index (χ1v) is 6.52. The van der Waals surface area contributed by atoms with Crippen LogP contribution in [-0.4, -0.2) is 24.6 Å². The minimum atomic E-state index is -4.41. The second-order valence-electron chi connectivity index (χ2n) is 4.63. The van der Waals surface area contributed by atoms with Gasteiger partial charge in [0, 0.05) is 12.7 Å². The number of anilines is 1. The number of halogens is 4. The summed E-state index contributed by atoms with van der Waals surface area (Å²) in [6, 6.07) is 0.897. The Labute approximate surface area is 114 Å². The van der Waals surface area contributed by atoms with Gasteiger partial charge in [0.15, 0.2) is 0 Å². The zero-order valence-corrected chi connectivity index (χ0v) is 11.0. The minimum Gasteiger partial charge on any atom is -0.369 e. The fraction of sp³-hybridized carbons (Fsp3) is 0.583. The summed E-state index contributed by atoms with van der Waals surface area (Å²) in [4.78, 5) is 3.73. The van der Waals surface area contributed by atoms with E-state index in [1.165, 1.54) is 0 Å². The Kier molecular flexibility index (Phi) is 4.52. The highest BCUT2D eigenvalue weighted by Crippen LogP contribution is 2.32. The predicted molar refractivity (Wildman–Crippen MR) is 68.3 cm³/mol. The van der Waals surface area contributed by atoms with Gasteiger partial charge in [-0.05, 0) is 37.9 Å². The van der Waals surface area contributed by atoms with E-state index < -0.39 is 11.7 Å². The molecule has 1 aliphatic heterocycles. The number of pyridine rings is 1. The van der Waals surface area contributed by atoms with Crippen LogP contribution in [0.15, 0.2) is 12.3 Å². The molecule has 2 heterocycles. The normalized spacial score (nSPS) is 19.7. The molecule has 1 atom stereocenters. The zero-order valence-electron chi connectivity index (χ0n) is 10.2. The van der Waals surface area contributed by atoms with E-state index in [4.69, 9.17) is 11.6 Å². The Morgan fingerprint density at radius 3 is 2.84 bits per heavy atom. The molecule has 0 spiro atoms. The third kappa shape index (κ3) is 3.98.